The third kappa shape index (κ3) is 4.10. The molecule has 1 aliphatic carbocycles. The van der Waals surface area contributed by atoms with Crippen molar-refractivity contribution in [3.8, 4) is 0 Å². The molecule has 0 aliphatic heterocycles. The van der Waals surface area contributed by atoms with E-state index >= 15 is 0 Å². The molecule has 0 saturated carbocycles. The lowest BCUT2D eigenvalue weighted by molar-refractivity contribution is -0.129. The highest BCUT2D eigenvalue weighted by Crippen LogP contribution is 2.33. The minimum absolute atomic E-state index is 0.0676. The average molecular weight is 362 g/mol. The summed E-state index contributed by atoms with van der Waals surface area (Å²) in [7, 11) is -1.91. The number of carbonyl (C=O) groups is 1. The van der Waals surface area contributed by atoms with Gasteiger partial charge in [-0.1, -0.05) is 29.4 Å². The lowest BCUT2D eigenvalue weighted by Crippen LogP contribution is -2.37. The van der Waals surface area contributed by atoms with Crippen LogP contribution in [0.5, 0.6) is 0 Å². The zero-order chi connectivity index (χ0) is 18.0. The highest BCUT2D eigenvalue weighted by molar-refractivity contribution is 7.91. The van der Waals surface area contributed by atoms with Gasteiger partial charge >= 0.3 is 0 Å². The monoisotopic (exact) mass is 362 g/mol. The molecule has 1 heterocycles. The SMILES string of the molecule is Cc1cc(CS(=O)(=O)CC(=O)N(C)C2CCCc3ccccc32)no1. The van der Waals surface area contributed by atoms with E-state index in [9.17, 15) is 13.2 Å². The molecule has 0 radical (unpaired) electrons. The minimum atomic E-state index is -3.60. The molecule has 0 saturated heterocycles. The fourth-order valence-corrected chi connectivity index (χ4v) is 4.63. The minimum Gasteiger partial charge on any atom is -0.361 e. The molecule has 6 nitrogen and oxygen atoms in total. The number of amides is 1. The van der Waals surface area contributed by atoms with Gasteiger partial charge in [0.05, 0.1) is 17.5 Å². The van der Waals surface area contributed by atoms with Crippen molar-refractivity contribution in [3.63, 3.8) is 0 Å². The van der Waals surface area contributed by atoms with Crippen molar-refractivity contribution in [1.82, 2.24) is 10.1 Å². The van der Waals surface area contributed by atoms with Gasteiger partial charge in [-0.3, -0.25) is 4.79 Å². The Bertz CT molecular complexity index is 873. The Balaban J connectivity index is 1.71. The Morgan fingerprint density at radius 2 is 2.12 bits per heavy atom. The smallest absolute Gasteiger partial charge is 0.238 e. The van der Waals surface area contributed by atoms with E-state index in [-0.39, 0.29) is 17.7 Å². The molecule has 1 aliphatic rings. The van der Waals surface area contributed by atoms with Crippen LogP contribution in [0, 0.1) is 6.92 Å². The molecule has 25 heavy (non-hydrogen) atoms. The number of hydrogen-bond donors (Lipinski definition) is 0. The number of carbonyl (C=O) groups excluding carboxylic acids is 1. The summed E-state index contributed by atoms with van der Waals surface area (Å²) in [5.74, 6) is -0.645. The van der Waals surface area contributed by atoms with Crippen LogP contribution >= 0.6 is 0 Å². The van der Waals surface area contributed by atoms with Crippen molar-refractivity contribution in [2.24, 2.45) is 0 Å². The average Bonchev–Trinajstić information content (AvgIpc) is 2.97. The van der Waals surface area contributed by atoms with Gasteiger partial charge in [0.25, 0.3) is 0 Å². The highest BCUT2D eigenvalue weighted by atomic mass is 32.2. The van der Waals surface area contributed by atoms with E-state index in [4.69, 9.17) is 4.52 Å². The number of fused-ring (bicyclic) bond motifs is 1. The molecule has 1 aromatic carbocycles. The first-order valence-corrected chi connectivity index (χ1v) is 10.1. The van der Waals surface area contributed by atoms with Crippen molar-refractivity contribution in [2.45, 2.75) is 38.0 Å². The summed E-state index contributed by atoms with van der Waals surface area (Å²) < 4.78 is 29.5. The van der Waals surface area contributed by atoms with Gasteiger partial charge in [0.15, 0.2) is 9.84 Å². The van der Waals surface area contributed by atoms with Crippen LogP contribution in [0.15, 0.2) is 34.9 Å². The van der Waals surface area contributed by atoms with Gasteiger partial charge in [-0.2, -0.15) is 0 Å². The Labute approximate surface area is 147 Å². The van der Waals surface area contributed by atoms with Crippen LogP contribution in [0.3, 0.4) is 0 Å². The van der Waals surface area contributed by atoms with Crippen molar-refractivity contribution in [2.75, 3.05) is 12.8 Å². The van der Waals surface area contributed by atoms with Gasteiger partial charge in [-0.15, -0.1) is 0 Å². The number of aryl methyl sites for hydroxylation is 2. The molecule has 1 unspecified atom stereocenters. The van der Waals surface area contributed by atoms with Crippen molar-refractivity contribution < 1.29 is 17.7 Å². The normalized spacial score (nSPS) is 17.1. The van der Waals surface area contributed by atoms with Crippen LogP contribution in [-0.4, -0.2) is 37.2 Å². The second kappa shape index (κ2) is 7.00. The van der Waals surface area contributed by atoms with Gasteiger partial charge in [-0.05, 0) is 37.3 Å². The summed E-state index contributed by atoms with van der Waals surface area (Å²) in [4.78, 5) is 14.1. The van der Waals surface area contributed by atoms with Crippen LogP contribution in [0.25, 0.3) is 0 Å². The molecular formula is C18H22N2O4S. The number of aromatic nitrogens is 1. The maximum absolute atomic E-state index is 12.6. The van der Waals surface area contributed by atoms with Crippen molar-refractivity contribution >= 4 is 15.7 Å². The molecule has 0 fully saturated rings. The number of hydrogen-bond acceptors (Lipinski definition) is 5. The van der Waals surface area contributed by atoms with Crippen LogP contribution in [0.1, 0.15) is 41.5 Å². The third-order valence-corrected chi connectivity index (χ3v) is 6.01. The number of sulfone groups is 1. The lowest BCUT2D eigenvalue weighted by Gasteiger charge is -2.33. The summed E-state index contributed by atoms with van der Waals surface area (Å²) in [5, 5.41) is 3.69. The molecule has 3 rings (SSSR count). The Morgan fingerprint density at radius 3 is 2.84 bits per heavy atom. The zero-order valence-electron chi connectivity index (χ0n) is 14.4. The van der Waals surface area contributed by atoms with E-state index in [2.05, 4.69) is 11.2 Å². The predicted octanol–water partition coefficient (Wildman–Crippen LogP) is 2.43. The van der Waals surface area contributed by atoms with E-state index in [0.29, 0.717) is 11.5 Å². The summed E-state index contributed by atoms with van der Waals surface area (Å²) in [6.07, 6.45) is 2.84. The summed E-state index contributed by atoms with van der Waals surface area (Å²) in [6.45, 7) is 1.70. The fraction of sp³-hybridized carbons (Fsp3) is 0.444. The van der Waals surface area contributed by atoms with Gasteiger partial charge < -0.3 is 9.42 Å². The lowest BCUT2D eigenvalue weighted by atomic mass is 9.87. The fourth-order valence-electron chi connectivity index (χ4n) is 3.36. The van der Waals surface area contributed by atoms with E-state index in [1.165, 1.54) is 5.56 Å². The zero-order valence-corrected chi connectivity index (χ0v) is 15.3. The topological polar surface area (TPSA) is 80.5 Å². The van der Waals surface area contributed by atoms with Crippen LogP contribution < -0.4 is 0 Å². The Morgan fingerprint density at radius 1 is 1.36 bits per heavy atom. The first kappa shape index (κ1) is 17.7. The molecular weight excluding hydrogens is 340 g/mol. The van der Waals surface area contributed by atoms with Gasteiger partial charge in [-0.25, -0.2) is 8.42 Å². The molecule has 7 heteroatoms. The van der Waals surface area contributed by atoms with Crippen LogP contribution in [-0.2, 0) is 26.8 Å². The molecule has 1 amide bonds. The molecule has 2 aromatic rings. The summed E-state index contributed by atoms with van der Waals surface area (Å²) in [5.41, 5.74) is 2.68. The quantitative estimate of drug-likeness (QED) is 0.816. The van der Waals surface area contributed by atoms with E-state index in [0.717, 1.165) is 24.8 Å². The van der Waals surface area contributed by atoms with Gasteiger partial charge in [0.2, 0.25) is 5.91 Å². The van der Waals surface area contributed by atoms with Crippen LogP contribution in [0.2, 0.25) is 0 Å². The predicted molar refractivity (Wildman–Crippen MR) is 93.6 cm³/mol. The maximum Gasteiger partial charge on any atom is 0.238 e. The largest absolute Gasteiger partial charge is 0.361 e. The van der Waals surface area contributed by atoms with Gasteiger partial charge in [0.1, 0.15) is 11.5 Å². The molecule has 1 aromatic heterocycles. The second-order valence-corrected chi connectivity index (χ2v) is 8.64. The van der Waals surface area contributed by atoms with Crippen molar-refractivity contribution in [1.29, 1.82) is 0 Å². The molecule has 0 N–H and O–H groups in total. The number of rotatable bonds is 5. The van der Waals surface area contributed by atoms with Crippen LogP contribution in [0.4, 0.5) is 0 Å². The molecule has 0 bridgehead atoms. The van der Waals surface area contributed by atoms with E-state index in [1.807, 2.05) is 18.2 Å². The van der Waals surface area contributed by atoms with E-state index in [1.54, 1.807) is 24.9 Å². The highest BCUT2D eigenvalue weighted by Gasteiger charge is 2.29. The number of nitrogens with zero attached hydrogens (tertiary/aromatic N) is 2. The first-order valence-electron chi connectivity index (χ1n) is 8.32. The summed E-state index contributed by atoms with van der Waals surface area (Å²) >= 11 is 0. The second-order valence-electron chi connectivity index (χ2n) is 6.57. The van der Waals surface area contributed by atoms with Gasteiger partial charge in [0, 0.05) is 13.1 Å². The Kier molecular flexibility index (Phi) is 4.94. The number of benzene rings is 1. The van der Waals surface area contributed by atoms with Crippen molar-refractivity contribution in [3.05, 3.63) is 52.9 Å². The standard InChI is InChI=1S/C18H22N2O4S/c1-13-10-15(19-24-13)11-25(22,23)12-18(21)20(2)17-9-5-7-14-6-3-4-8-16(14)17/h3-4,6,8,10,17H,5,7,9,11-12H2,1-2H3. The Hall–Kier alpha value is -2.15. The van der Waals surface area contributed by atoms with E-state index < -0.39 is 15.6 Å². The third-order valence-electron chi connectivity index (χ3n) is 4.59. The molecule has 134 valence electrons. The maximum atomic E-state index is 12.6. The molecule has 1 atom stereocenters. The molecule has 0 spiro atoms. The summed E-state index contributed by atoms with van der Waals surface area (Å²) in [6, 6.07) is 9.55. The first-order chi connectivity index (χ1) is 11.9.